The van der Waals surface area contributed by atoms with Gasteiger partial charge < -0.3 is 9.64 Å². The van der Waals surface area contributed by atoms with Crippen LogP contribution in [0.5, 0.6) is 0 Å². The Bertz CT molecular complexity index is 865. The minimum atomic E-state index is -0.677. The Labute approximate surface area is 174 Å². The van der Waals surface area contributed by atoms with Crippen LogP contribution in [-0.2, 0) is 19.1 Å². The van der Waals surface area contributed by atoms with Crippen LogP contribution in [0.15, 0.2) is 36.4 Å². The highest BCUT2D eigenvalue weighted by Crippen LogP contribution is 2.54. The maximum atomic E-state index is 13.4. The van der Waals surface area contributed by atoms with Crippen molar-refractivity contribution in [3.05, 3.63) is 47.0 Å². The fraction of sp³-hybridized carbons (Fsp3) is 0.500. The highest BCUT2D eigenvalue weighted by atomic mass is 35.5. The lowest BCUT2D eigenvalue weighted by Gasteiger charge is -2.32. The molecule has 5 atom stereocenters. The van der Waals surface area contributed by atoms with E-state index in [1.807, 2.05) is 6.07 Å². The molecule has 1 saturated carbocycles. The molecule has 29 heavy (non-hydrogen) atoms. The summed E-state index contributed by atoms with van der Waals surface area (Å²) >= 11 is 6.45. The molecule has 2 bridgehead atoms. The molecular weight excluding hydrogens is 392 g/mol. The quantitative estimate of drug-likeness (QED) is 0.560. The molecule has 4 aliphatic rings. The average molecular weight is 415 g/mol. The number of rotatable bonds is 4. The van der Waals surface area contributed by atoms with Crippen LogP contribution in [0.4, 0.5) is 0 Å². The van der Waals surface area contributed by atoms with Crippen LogP contribution in [0.25, 0.3) is 0 Å². The molecule has 2 aliphatic heterocycles. The van der Waals surface area contributed by atoms with Crippen LogP contribution in [0, 0.1) is 23.7 Å². The molecule has 7 heteroatoms. The standard InChI is InChI=1S/C22H23ClN2O4/c23-16-4-2-1-3-15(16)17(12-18(26)24-7-9-29-10-8-24)25-21(27)19-13-5-6-14(11-13)20(19)22(25)28/h1-6,13-14,17,19-20H,7-12H2. The van der Waals surface area contributed by atoms with E-state index in [0.29, 0.717) is 36.9 Å². The molecule has 0 spiro atoms. The minimum absolute atomic E-state index is 0.0451. The second-order valence-corrected chi connectivity index (χ2v) is 8.69. The average Bonchev–Trinajstić information content (AvgIpc) is 3.42. The number of hydrogen-bond donors (Lipinski definition) is 0. The molecule has 2 heterocycles. The van der Waals surface area contributed by atoms with Crippen molar-refractivity contribution in [3.8, 4) is 0 Å². The number of fused-ring (bicyclic) bond motifs is 5. The Morgan fingerprint density at radius 3 is 2.31 bits per heavy atom. The lowest BCUT2D eigenvalue weighted by atomic mass is 9.85. The molecule has 5 rings (SSSR count). The SMILES string of the molecule is O=C(CC(c1ccccc1Cl)N1C(=O)C2C3C=CC(C3)C2C1=O)N1CCOCC1. The Hall–Kier alpha value is -2.18. The van der Waals surface area contributed by atoms with Gasteiger partial charge in [-0.25, -0.2) is 0 Å². The van der Waals surface area contributed by atoms with Gasteiger partial charge in [-0.3, -0.25) is 19.3 Å². The number of benzene rings is 1. The van der Waals surface area contributed by atoms with Crippen LogP contribution in [0.3, 0.4) is 0 Å². The molecule has 1 aromatic carbocycles. The largest absolute Gasteiger partial charge is 0.378 e. The van der Waals surface area contributed by atoms with Gasteiger partial charge in [0.1, 0.15) is 0 Å². The summed E-state index contributed by atoms with van der Waals surface area (Å²) in [6.07, 6.45) is 5.07. The first kappa shape index (κ1) is 18.8. The van der Waals surface area contributed by atoms with Gasteiger partial charge in [-0.2, -0.15) is 0 Å². The van der Waals surface area contributed by atoms with Gasteiger partial charge in [0.15, 0.2) is 0 Å². The predicted molar refractivity (Wildman–Crippen MR) is 106 cm³/mol. The number of amides is 3. The predicted octanol–water partition coefficient (Wildman–Crippen LogP) is 2.44. The number of morpholine rings is 1. The van der Waals surface area contributed by atoms with Crippen molar-refractivity contribution in [1.82, 2.24) is 9.80 Å². The van der Waals surface area contributed by atoms with Crippen molar-refractivity contribution in [2.45, 2.75) is 18.9 Å². The van der Waals surface area contributed by atoms with E-state index < -0.39 is 6.04 Å². The van der Waals surface area contributed by atoms with Crippen LogP contribution in [0.1, 0.15) is 24.4 Å². The fourth-order valence-corrected chi connectivity index (χ4v) is 5.69. The number of allylic oxidation sites excluding steroid dienone is 2. The number of carbonyl (C=O) groups is 3. The normalized spacial score (nSPS) is 31.5. The topological polar surface area (TPSA) is 66.9 Å². The van der Waals surface area contributed by atoms with Gasteiger partial charge in [-0.05, 0) is 29.9 Å². The molecule has 152 valence electrons. The van der Waals surface area contributed by atoms with Gasteiger partial charge in [0.2, 0.25) is 17.7 Å². The molecule has 3 amide bonds. The maximum Gasteiger partial charge on any atom is 0.234 e. The lowest BCUT2D eigenvalue weighted by molar-refractivity contribution is -0.146. The summed E-state index contributed by atoms with van der Waals surface area (Å²) in [4.78, 5) is 42.8. The summed E-state index contributed by atoms with van der Waals surface area (Å²) in [5.41, 5.74) is 0.651. The third-order valence-corrected chi connectivity index (χ3v) is 7.16. The molecule has 0 aromatic heterocycles. The van der Waals surface area contributed by atoms with E-state index in [1.54, 1.807) is 23.1 Å². The second kappa shape index (κ2) is 7.26. The van der Waals surface area contributed by atoms with Crippen molar-refractivity contribution < 1.29 is 19.1 Å². The zero-order chi connectivity index (χ0) is 20.1. The zero-order valence-electron chi connectivity index (χ0n) is 16.0. The highest BCUT2D eigenvalue weighted by Gasteiger charge is 2.60. The summed E-state index contributed by atoms with van der Waals surface area (Å²) in [5.74, 6) is -0.714. The van der Waals surface area contributed by atoms with Crippen LogP contribution >= 0.6 is 11.6 Å². The van der Waals surface area contributed by atoms with Gasteiger partial charge in [-0.15, -0.1) is 0 Å². The highest BCUT2D eigenvalue weighted by molar-refractivity contribution is 6.31. The van der Waals surface area contributed by atoms with E-state index in [-0.39, 0.29) is 47.8 Å². The van der Waals surface area contributed by atoms with Crippen molar-refractivity contribution >= 4 is 29.3 Å². The molecule has 0 N–H and O–H groups in total. The number of likely N-dealkylation sites (tertiary alicyclic amines) is 1. The molecule has 2 saturated heterocycles. The van der Waals surface area contributed by atoms with Crippen LogP contribution in [-0.4, -0.2) is 53.8 Å². The minimum Gasteiger partial charge on any atom is -0.378 e. The van der Waals surface area contributed by atoms with Gasteiger partial charge in [-0.1, -0.05) is 42.0 Å². The van der Waals surface area contributed by atoms with Gasteiger partial charge in [0, 0.05) is 18.1 Å². The van der Waals surface area contributed by atoms with E-state index in [2.05, 4.69) is 12.2 Å². The summed E-state index contributed by atoms with van der Waals surface area (Å²) in [5, 5.41) is 0.464. The first-order chi connectivity index (χ1) is 14.1. The fourth-order valence-electron chi connectivity index (χ4n) is 5.43. The number of ether oxygens (including phenoxy) is 1. The van der Waals surface area contributed by atoms with E-state index in [0.717, 1.165) is 6.42 Å². The molecule has 6 nitrogen and oxygen atoms in total. The van der Waals surface area contributed by atoms with E-state index >= 15 is 0 Å². The molecule has 3 fully saturated rings. The maximum absolute atomic E-state index is 13.4. The Kier molecular flexibility index (Phi) is 4.71. The van der Waals surface area contributed by atoms with E-state index in [9.17, 15) is 14.4 Å². The Morgan fingerprint density at radius 1 is 1.07 bits per heavy atom. The van der Waals surface area contributed by atoms with Gasteiger partial charge in [0.25, 0.3) is 0 Å². The molecular formula is C22H23ClN2O4. The smallest absolute Gasteiger partial charge is 0.234 e. The molecule has 2 aliphatic carbocycles. The van der Waals surface area contributed by atoms with Crippen LogP contribution in [0.2, 0.25) is 5.02 Å². The Morgan fingerprint density at radius 2 is 1.69 bits per heavy atom. The van der Waals surface area contributed by atoms with Gasteiger partial charge in [0.05, 0.1) is 37.5 Å². The summed E-state index contributed by atoms with van der Waals surface area (Å²) in [7, 11) is 0. The molecule has 5 unspecified atom stereocenters. The monoisotopic (exact) mass is 414 g/mol. The number of imide groups is 1. The van der Waals surface area contributed by atoms with Crippen molar-refractivity contribution in [2.75, 3.05) is 26.3 Å². The van der Waals surface area contributed by atoms with Crippen molar-refractivity contribution in [2.24, 2.45) is 23.7 Å². The number of halogens is 1. The summed E-state index contributed by atoms with van der Waals surface area (Å²) in [6.45, 7) is 2.05. The molecule has 0 radical (unpaired) electrons. The first-order valence-electron chi connectivity index (χ1n) is 10.2. The van der Waals surface area contributed by atoms with Gasteiger partial charge >= 0.3 is 0 Å². The summed E-state index contributed by atoms with van der Waals surface area (Å²) < 4.78 is 5.33. The number of nitrogens with zero attached hydrogens (tertiary/aromatic N) is 2. The second-order valence-electron chi connectivity index (χ2n) is 8.28. The van der Waals surface area contributed by atoms with E-state index in [1.165, 1.54) is 4.90 Å². The Balaban J connectivity index is 1.48. The summed E-state index contributed by atoms with van der Waals surface area (Å²) in [6, 6.07) is 6.49. The lowest BCUT2D eigenvalue weighted by Crippen LogP contribution is -2.44. The van der Waals surface area contributed by atoms with E-state index in [4.69, 9.17) is 16.3 Å². The van der Waals surface area contributed by atoms with Crippen molar-refractivity contribution in [1.29, 1.82) is 0 Å². The third kappa shape index (κ3) is 3.01. The first-order valence-corrected chi connectivity index (χ1v) is 10.6. The number of hydrogen-bond acceptors (Lipinski definition) is 4. The molecule has 1 aromatic rings. The number of carbonyl (C=O) groups excluding carboxylic acids is 3. The van der Waals surface area contributed by atoms with Crippen molar-refractivity contribution in [3.63, 3.8) is 0 Å². The van der Waals surface area contributed by atoms with Crippen LogP contribution < -0.4 is 0 Å². The third-order valence-electron chi connectivity index (χ3n) is 6.81. The zero-order valence-corrected chi connectivity index (χ0v) is 16.8.